The van der Waals surface area contributed by atoms with Gasteiger partial charge in [-0.05, 0) is 24.3 Å². The molecule has 2 aromatic rings. The first kappa shape index (κ1) is 15.6. The van der Waals surface area contributed by atoms with Crippen LogP contribution in [-0.2, 0) is 11.2 Å². The number of amides is 2. The van der Waals surface area contributed by atoms with Gasteiger partial charge in [0, 0.05) is 36.4 Å². The maximum atomic E-state index is 12.2. The molecule has 1 aliphatic heterocycles. The van der Waals surface area contributed by atoms with Gasteiger partial charge >= 0.3 is 0 Å². The molecular weight excluding hydrogens is 312 g/mol. The van der Waals surface area contributed by atoms with E-state index in [0.29, 0.717) is 25.2 Å². The molecule has 6 nitrogen and oxygen atoms in total. The summed E-state index contributed by atoms with van der Waals surface area (Å²) in [6.07, 6.45) is 6.49. The third-order valence-electron chi connectivity index (χ3n) is 3.88. The first-order chi connectivity index (χ1) is 11.2. The molecule has 0 saturated carbocycles. The first-order valence-electron chi connectivity index (χ1n) is 7.59. The van der Waals surface area contributed by atoms with E-state index in [1.165, 1.54) is 18.6 Å². The molecule has 0 unspecified atom stereocenters. The minimum absolute atomic E-state index is 0.0790. The topological polar surface area (TPSA) is 75.2 Å². The van der Waals surface area contributed by atoms with Gasteiger partial charge < -0.3 is 10.2 Å². The van der Waals surface area contributed by atoms with Crippen LogP contribution in [0.4, 0.5) is 0 Å². The fourth-order valence-electron chi connectivity index (χ4n) is 2.62. The van der Waals surface area contributed by atoms with Crippen LogP contribution >= 0.6 is 11.3 Å². The molecule has 0 aliphatic carbocycles. The smallest absolute Gasteiger partial charge is 0.271 e. The predicted octanol–water partition coefficient (Wildman–Crippen LogP) is 1.50. The summed E-state index contributed by atoms with van der Waals surface area (Å²) < 4.78 is 0. The summed E-state index contributed by atoms with van der Waals surface area (Å²) >= 11 is 1.60. The monoisotopic (exact) mass is 330 g/mol. The molecule has 2 amide bonds. The lowest BCUT2D eigenvalue weighted by Gasteiger charge is -2.32. The number of hydrogen-bond donors (Lipinski definition) is 1. The van der Waals surface area contributed by atoms with Gasteiger partial charge in [-0.15, -0.1) is 11.3 Å². The molecule has 3 rings (SSSR count). The number of nitrogens with zero attached hydrogens (tertiary/aromatic N) is 3. The lowest BCUT2D eigenvalue weighted by Crippen LogP contribution is -2.47. The van der Waals surface area contributed by atoms with Gasteiger partial charge in [0.25, 0.3) is 5.91 Å². The Hall–Kier alpha value is -2.28. The number of thiophene rings is 1. The van der Waals surface area contributed by atoms with E-state index in [0.717, 1.165) is 17.7 Å². The van der Waals surface area contributed by atoms with E-state index < -0.39 is 0 Å². The van der Waals surface area contributed by atoms with Crippen molar-refractivity contribution in [2.45, 2.75) is 25.3 Å². The average Bonchev–Trinajstić information content (AvgIpc) is 3.09. The second kappa shape index (κ2) is 7.32. The van der Waals surface area contributed by atoms with Crippen LogP contribution in [0.25, 0.3) is 0 Å². The normalized spacial score (nSPS) is 15.4. The van der Waals surface area contributed by atoms with Gasteiger partial charge in [0.05, 0.1) is 12.6 Å². The summed E-state index contributed by atoms with van der Waals surface area (Å²) in [7, 11) is 0. The van der Waals surface area contributed by atoms with E-state index in [1.807, 2.05) is 22.4 Å². The van der Waals surface area contributed by atoms with Crippen molar-refractivity contribution in [1.82, 2.24) is 20.2 Å². The third-order valence-corrected chi connectivity index (χ3v) is 4.76. The molecule has 1 aliphatic rings. The molecule has 0 atom stereocenters. The van der Waals surface area contributed by atoms with Crippen LogP contribution in [0.15, 0.2) is 36.1 Å². The fraction of sp³-hybridized carbons (Fsp3) is 0.375. The van der Waals surface area contributed by atoms with Crippen molar-refractivity contribution in [2.24, 2.45) is 0 Å². The Labute approximate surface area is 138 Å². The Morgan fingerprint density at radius 2 is 2.13 bits per heavy atom. The highest BCUT2D eigenvalue weighted by Crippen LogP contribution is 2.15. The highest BCUT2D eigenvalue weighted by atomic mass is 32.1. The lowest BCUT2D eigenvalue weighted by atomic mass is 10.0. The van der Waals surface area contributed by atoms with E-state index in [1.54, 1.807) is 11.3 Å². The van der Waals surface area contributed by atoms with E-state index in [9.17, 15) is 9.59 Å². The zero-order valence-corrected chi connectivity index (χ0v) is 13.5. The van der Waals surface area contributed by atoms with Gasteiger partial charge in [0.1, 0.15) is 5.69 Å². The van der Waals surface area contributed by atoms with Gasteiger partial charge in [-0.2, -0.15) is 0 Å². The summed E-state index contributed by atoms with van der Waals surface area (Å²) in [4.78, 5) is 35.1. The zero-order valence-electron chi connectivity index (χ0n) is 12.6. The fourth-order valence-corrected chi connectivity index (χ4v) is 3.32. The summed E-state index contributed by atoms with van der Waals surface area (Å²) in [5.74, 6) is -0.0485. The minimum atomic E-state index is -0.207. The number of nitrogens with one attached hydrogen (secondary N) is 1. The van der Waals surface area contributed by atoms with E-state index in [2.05, 4.69) is 15.3 Å². The van der Waals surface area contributed by atoms with Crippen LogP contribution in [-0.4, -0.2) is 45.8 Å². The Kier molecular flexibility index (Phi) is 4.97. The second-order valence-electron chi connectivity index (χ2n) is 5.48. The Balaban J connectivity index is 1.47. The van der Waals surface area contributed by atoms with Crippen LogP contribution in [0.3, 0.4) is 0 Å². The second-order valence-corrected chi connectivity index (χ2v) is 6.51. The number of carbonyl (C=O) groups excluding carboxylic acids is 2. The number of likely N-dealkylation sites (tertiary alicyclic amines) is 1. The standard InChI is InChI=1S/C16H18N4O2S/c21-15(10-13-2-1-9-23-13)20-7-3-12(4-8-20)19-16(22)14-11-17-5-6-18-14/h1-2,5-6,9,11-12H,3-4,7-8,10H2,(H,19,22). The van der Waals surface area contributed by atoms with Crippen LogP contribution in [0.5, 0.6) is 0 Å². The molecule has 0 radical (unpaired) electrons. The number of aromatic nitrogens is 2. The molecule has 2 aromatic heterocycles. The van der Waals surface area contributed by atoms with Gasteiger partial charge in [-0.3, -0.25) is 14.6 Å². The molecule has 0 aromatic carbocycles. The molecule has 0 bridgehead atoms. The van der Waals surface area contributed by atoms with Gasteiger partial charge in [0.2, 0.25) is 5.91 Å². The first-order valence-corrected chi connectivity index (χ1v) is 8.47. The average molecular weight is 330 g/mol. The van der Waals surface area contributed by atoms with Gasteiger partial charge in [-0.25, -0.2) is 4.98 Å². The van der Waals surface area contributed by atoms with Crippen LogP contribution in [0.2, 0.25) is 0 Å². The SMILES string of the molecule is O=C(NC1CCN(C(=O)Cc2cccs2)CC1)c1cnccn1. The highest BCUT2D eigenvalue weighted by Gasteiger charge is 2.24. The summed E-state index contributed by atoms with van der Waals surface area (Å²) in [6.45, 7) is 1.35. The summed E-state index contributed by atoms with van der Waals surface area (Å²) in [5, 5.41) is 4.95. The molecule has 7 heteroatoms. The van der Waals surface area contributed by atoms with Crippen LogP contribution < -0.4 is 5.32 Å². The number of piperidine rings is 1. The Bertz CT molecular complexity index is 652. The summed E-state index contributed by atoms with van der Waals surface area (Å²) in [6, 6.07) is 4.02. The molecule has 23 heavy (non-hydrogen) atoms. The predicted molar refractivity (Wildman–Crippen MR) is 87.1 cm³/mol. The number of carbonyl (C=O) groups is 2. The molecule has 120 valence electrons. The largest absolute Gasteiger partial charge is 0.348 e. The Morgan fingerprint density at radius 1 is 1.30 bits per heavy atom. The molecular formula is C16H18N4O2S. The van der Waals surface area contributed by atoms with Crippen LogP contribution in [0, 0.1) is 0 Å². The molecule has 1 saturated heterocycles. The van der Waals surface area contributed by atoms with Crippen molar-refractivity contribution in [3.63, 3.8) is 0 Å². The number of hydrogen-bond acceptors (Lipinski definition) is 5. The third kappa shape index (κ3) is 4.13. The van der Waals surface area contributed by atoms with E-state index in [4.69, 9.17) is 0 Å². The highest BCUT2D eigenvalue weighted by molar-refractivity contribution is 7.10. The van der Waals surface area contributed by atoms with Gasteiger partial charge in [0.15, 0.2) is 0 Å². The maximum absolute atomic E-state index is 12.2. The maximum Gasteiger partial charge on any atom is 0.271 e. The van der Waals surface area contributed by atoms with Crippen molar-refractivity contribution < 1.29 is 9.59 Å². The van der Waals surface area contributed by atoms with E-state index >= 15 is 0 Å². The van der Waals surface area contributed by atoms with Crippen LogP contribution in [0.1, 0.15) is 28.2 Å². The van der Waals surface area contributed by atoms with Crippen molar-refractivity contribution in [1.29, 1.82) is 0 Å². The minimum Gasteiger partial charge on any atom is -0.348 e. The van der Waals surface area contributed by atoms with Crippen molar-refractivity contribution >= 4 is 23.2 Å². The Morgan fingerprint density at radius 3 is 2.78 bits per heavy atom. The van der Waals surface area contributed by atoms with Crippen molar-refractivity contribution in [3.05, 3.63) is 46.7 Å². The molecule has 1 N–H and O–H groups in total. The molecule has 0 spiro atoms. The van der Waals surface area contributed by atoms with Crippen molar-refractivity contribution in [2.75, 3.05) is 13.1 Å². The molecule has 3 heterocycles. The molecule has 1 fully saturated rings. The quantitative estimate of drug-likeness (QED) is 0.922. The van der Waals surface area contributed by atoms with Crippen molar-refractivity contribution in [3.8, 4) is 0 Å². The number of rotatable bonds is 4. The zero-order chi connectivity index (χ0) is 16.1. The van der Waals surface area contributed by atoms with E-state index in [-0.39, 0.29) is 17.9 Å². The lowest BCUT2D eigenvalue weighted by molar-refractivity contribution is -0.131. The van der Waals surface area contributed by atoms with Gasteiger partial charge in [-0.1, -0.05) is 6.07 Å². The summed E-state index contributed by atoms with van der Waals surface area (Å²) in [5.41, 5.74) is 0.323.